The van der Waals surface area contributed by atoms with Gasteiger partial charge in [0.15, 0.2) is 5.75 Å². The van der Waals surface area contributed by atoms with E-state index >= 15 is 0 Å². The lowest BCUT2D eigenvalue weighted by Gasteiger charge is -2.22. The molecule has 0 aliphatic carbocycles. The van der Waals surface area contributed by atoms with Gasteiger partial charge in [-0.25, -0.2) is 0 Å². The topological polar surface area (TPSA) is 90.4 Å². The maximum atomic E-state index is 11.0. The number of ether oxygens (including phenoxy) is 1. The molecular formula is C14H23N3O3. The summed E-state index contributed by atoms with van der Waals surface area (Å²) in [7, 11) is 0. The summed E-state index contributed by atoms with van der Waals surface area (Å²) in [5, 5.41) is 14.3. The van der Waals surface area contributed by atoms with Gasteiger partial charge in [0.1, 0.15) is 0 Å². The second-order valence-electron chi connectivity index (χ2n) is 5.34. The SMILES string of the molecule is CC(C)Oc1cc(NC(CN)C(C)C)ccc1[N+](=O)[O-]. The molecule has 0 saturated carbocycles. The van der Waals surface area contributed by atoms with Crippen molar-refractivity contribution in [3.05, 3.63) is 28.3 Å². The Kier molecular flexibility index (Phi) is 5.76. The molecule has 0 bridgehead atoms. The monoisotopic (exact) mass is 281 g/mol. The van der Waals surface area contributed by atoms with Crippen molar-refractivity contribution in [2.75, 3.05) is 11.9 Å². The van der Waals surface area contributed by atoms with E-state index in [1.165, 1.54) is 6.07 Å². The normalized spacial score (nSPS) is 12.6. The fraction of sp³-hybridized carbons (Fsp3) is 0.571. The number of nitro groups is 1. The van der Waals surface area contributed by atoms with E-state index in [-0.39, 0.29) is 23.6 Å². The molecule has 0 saturated heterocycles. The lowest BCUT2D eigenvalue weighted by molar-refractivity contribution is -0.386. The summed E-state index contributed by atoms with van der Waals surface area (Å²) in [5.41, 5.74) is 6.46. The van der Waals surface area contributed by atoms with Gasteiger partial charge in [-0.05, 0) is 25.8 Å². The maximum absolute atomic E-state index is 11.0. The van der Waals surface area contributed by atoms with Crippen LogP contribution in [0.3, 0.4) is 0 Å². The molecule has 0 amide bonds. The zero-order valence-corrected chi connectivity index (χ0v) is 12.4. The fourth-order valence-corrected chi connectivity index (χ4v) is 1.81. The van der Waals surface area contributed by atoms with Gasteiger partial charge in [-0.2, -0.15) is 0 Å². The van der Waals surface area contributed by atoms with Crippen LogP contribution in [0, 0.1) is 16.0 Å². The minimum Gasteiger partial charge on any atom is -0.484 e. The van der Waals surface area contributed by atoms with E-state index < -0.39 is 4.92 Å². The molecule has 1 aromatic rings. The second-order valence-corrected chi connectivity index (χ2v) is 5.34. The Balaban J connectivity index is 3.02. The first kappa shape index (κ1) is 16.2. The maximum Gasteiger partial charge on any atom is 0.311 e. The number of rotatable bonds is 7. The predicted molar refractivity (Wildman–Crippen MR) is 80.2 cm³/mol. The molecule has 0 aliphatic rings. The van der Waals surface area contributed by atoms with Gasteiger partial charge in [-0.3, -0.25) is 10.1 Å². The first-order valence-electron chi connectivity index (χ1n) is 6.76. The van der Waals surface area contributed by atoms with Crippen molar-refractivity contribution >= 4 is 11.4 Å². The Morgan fingerprint density at radius 2 is 2.00 bits per heavy atom. The van der Waals surface area contributed by atoms with E-state index in [1.54, 1.807) is 12.1 Å². The standard InChI is InChI=1S/C14H23N3O3/c1-9(2)12(8-15)16-11-5-6-13(17(18)19)14(7-11)20-10(3)4/h5-7,9-10,12,16H,8,15H2,1-4H3. The number of hydrogen-bond donors (Lipinski definition) is 2. The number of nitrogens with one attached hydrogen (secondary N) is 1. The van der Waals surface area contributed by atoms with Crippen LogP contribution in [0.4, 0.5) is 11.4 Å². The van der Waals surface area contributed by atoms with Gasteiger partial charge < -0.3 is 15.8 Å². The fourth-order valence-electron chi connectivity index (χ4n) is 1.81. The van der Waals surface area contributed by atoms with Gasteiger partial charge in [0.05, 0.1) is 11.0 Å². The van der Waals surface area contributed by atoms with Crippen molar-refractivity contribution in [3.63, 3.8) is 0 Å². The number of nitro benzene ring substituents is 1. The highest BCUT2D eigenvalue weighted by Gasteiger charge is 2.18. The third-order valence-corrected chi connectivity index (χ3v) is 2.93. The highest BCUT2D eigenvalue weighted by Crippen LogP contribution is 2.31. The van der Waals surface area contributed by atoms with Crippen LogP contribution < -0.4 is 15.8 Å². The summed E-state index contributed by atoms with van der Waals surface area (Å²) in [6.45, 7) is 8.30. The van der Waals surface area contributed by atoms with Crippen LogP contribution in [0.5, 0.6) is 5.75 Å². The molecular weight excluding hydrogens is 258 g/mol. The van der Waals surface area contributed by atoms with Crippen molar-refractivity contribution in [2.45, 2.75) is 39.8 Å². The molecule has 0 aromatic heterocycles. The quantitative estimate of drug-likeness (QED) is 0.592. The van der Waals surface area contributed by atoms with Crippen LogP contribution in [0.15, 0.2) is 18.2 Å². The van der Waals surface area contributed by atoms with Crippen molar-refractivity contribution in [1.29, 1.82) is 0 Å². The van der Waals surface area contributed by atoms with Gasteiger partial charge in [0.2, 0.25) is 0 Å². The molecule has 112 valence electrons. The number of hydrogen-bond acceptors (Lipinski definition) is 5. The second kappa shape index (κ2) is 7.09. The third-order valence-electron chi connectivity index (χ3n) is 2.93. The zero-order chi connectivity index (χ0) is 15.3. The molecule has 1 unspecified atom stereocenters. The minimum absolute atomic E-state index is 0.0295. The highest BCUT2D eigenvalue weighted by molar-refractivity contribution is 5.58. The predicted octanol–water partition coefficient (Wildman–Crippen LogP) is 2.78. The van der Waals surface area contributed by atoms with Crippen molar-refractivity contribution in [3.8, 4) is 5.75 Å². The molecule has 0 heterocycles. The molecule has 0 spiro atoms. The lowest BCUT2D eigenvalue weighted by atomic mass is 10.0. The van der Waals surface area contributed by atoms with Gasteiger partial charge in [-0.1, -0.05) is 13.8 Å². The summed E-state index contributed by atoms with van der Waals surface area (Å²) in [6, 6.07) is 4.90. The van der Waals surface area contributed by atoms with E-state index in [1.807, 2.05) is 13.8 Å². The van der Waals surface area contributed by atoms with Gasteiger partial charge in [-0.15, -0.1) is 0 Å². The summed E-state index contributed by atoms with van der Waals surface area (Å²) in [5.74, 6) is 0.638. The number of benzene rings is 1. The zero-order valence-electron chi connectivity index (χ0n) is 12.4. The molecule has 1 rings (SSSR count). The van der Waals surface area contributed by atoms with E-state index in [2.05, 4.69) is 19.2 Å². The van der Waals surface area contributed by atoms with Crippen LogP contribution in [0.1, 0.15) is 27.7 Å². The van der Waals surface area contributed by atoms with Crippen LogP contribution in [-0.2, 0) is 0 Å². The number of anilines is 1. The van der Waals surface area contributed by atoms with Crippen LogP contribution in [0.2, 0.25) is 0 Å². The first-order valence-corrected chi connectivity index (χ1v) is 6.76. The summed E-state index contributed by atoms with van der Waals surface area (Å²) in [6.07, 6.45) is -0.126. The summed E-state index contributed by atoms with van der Waals surface area (Å²) >= 11 is 0. The lowest BCUT2D eigenvalue weighted by Crippen LogP contribution is -2.33. The Bertz CT molecular complexity index is 461. The molecule has 6 nitrogen and oxygen atoms in total. The molecule has 0 radical (unpaired) electrons. The highest BCUT2D eigenvalue weighted by atomic mass is 16.6. The van der Waals surface area contributed by atoms with E-state index in [0.29, 0.717) is 12.5 Å². The van der Waals surface area contributed by atoms with Crippen LogP contribution >= 0.6 is 0 Å². The average Bonchev–Trinajstić information content (AvgIpc) is 2.34. The molecule has 0 aliphatic heterocycles. The molecule has 6 heteroatoms. The molecule has 20 heavy (non-hydrogen) atoms. The van der Waals surface area contributed by atoms with Crippen LogP contribution in [0.25, 0.3) is 0 Å². The van der Waals surface area contributed by atoms with Gasteiger partial charge in [0.25, 0.3) is 0 Å². The van der Waals surface area contributed by atoms with E-state index in [4.69, 9.17) is 10.5 Å². The van der Waals surface area contributed by atoms with Gasteiger partial charge in [0, 0.05) is 30.4 Å². The average molecular weight is 281 g/mol. The minimum atomic E-state index is -0.440. The molecule has 1 atom stereocenters. The third kappa shape index (κ3) is 4.38. The van der Waals surface area contributed by atoms with Crippen molar-refractivity contribution in [1.82, 2.24) is 0 Å². The van der Waals surface area contributed by atoms with Crippen molar-refractivity contribution < 1.29 is 9.66 Å². The van der Waals surface area contributed by atoms with Crippen LogP contribution in [-0.4, -0.2) is 23.6 Å². The molecule has 1 aromatic carbocycles. The number of nitrogens with two attached hydrogens (primary N) is 1. The van der Waals surface area contributed by atoms with Gasteiger partial charge >= 0.3 is 5.69 Å². The van der Waals surface area contributed by atoms with Crippen molar-refractivity contribution in [2.24, 2.45) is 11.7 Å². The Labute approximate surface area is 119 Å². The summed E-state index contributed by atoms with van der Waals surface area (Å²) < 4.78 is 5.51. The number of nitrogens with zero attached hydrogens (tertiary/aromatic N) is 1. The van der Waals surface area contributed by atoms with E-state index in [0.717, 1.165) is 5.69 Å². The Morgan fingerprint density at radius 1 is 1.35 bits per heavy atom. The Morgan fingerprint density at radius 3 is 2.45 bits per heavy atom. The smallest absolute Gasteiger partial charge is 0.311 e. The molecule has 0 fully saturated rings. The summed E-state index contributed by atoms with van der Waals surface area (Å²) in [4.78, 5) is 10.5. The Hall–Kier alpha value is -1.82. The molecule has 3 N–H and O–H groups in total. The largest absolute Gasteiger partial charge is 0.484 e. The van der Waals surface area contributed by atoms with E-state index in [9.17, 15) is 10.1 Å². The first-order chi connectivity index (χ1) is 9.35.